The molecule has 0 N–H and O–H groups in total. The fourth-order valence-corrected chi connectivity index (χ4v) is 3.05. The molecular formula is C20H22BrF3O3S. The Morgan fingerprint density at radius 1 is 1.18 bits per heavy atom. The Kier molecular flexibility index (Phi) is 11.1. The second kappa shape index (κ2) is 11.9. The molecule has 0 spiro atoms. The average Bonchev–Trinajstić information content (AvgIpc) is 2.63. The van der Waals surface area contributed by atoms with Crippen molar-refractivity contribution in [2.45, 2.75) is 32.3 Å². The fraction of sp³-hybridized carbons (Fsp3) is 0.300. The van der Waals surface area contributed by atoms with E-state index in [-0.39, 0.29) is 37.6 Å². The molecule has 0 aromatic heterocycles. The molecule has 0 aliphatic heterocycles. The zero-order valence-corrected chi connectivity index (χ0v) is 16.8. The average molecular weight is 479 g/mol. The number of ether oxygens (including phenoxy) is 1. The lowest BCUT2D eigenvalue weighted by atomic mass is 9.76. The van der Waals surface area contributed by atoms with Crippen molar-refractivity contribution >= 4 is 41.7 Å². The van der Waals surface area contributed by atoms with E-state index in [0.717, 1.165) is 11.6 Å². The van der Waals surface area contributed by atoms with Gasteiger partial charge in [0, 0.05) is 21.9 Å². The molecule has 2 rings (SSSR count). The SMILES string of the molecule is C.O=CC[C@](CF)(CC(=O)OCc1ccccc1)c1cc(Br)cc(F)c1F.S. The van der Waals surface area contributed by atoms with Crippen LogP contribution in [0.2, 0.25) is 0 Å². The first-order chi connectivity index (χ1) is 12.4. The van der Waals surface area contributed by atoms with Crippen molar-refractivity contribution in [1.29, 1.82) is 0 Å². The number of carbonyl (C=O) groups excluding carboxylic acids is 2. The van der Waals surface area contributed by atoms with Gasteiger partial charge < -0.3 is 9.53 Å². The number of benzene rings is 2. The standard InChI is InChI=1S/C19H16BrF3O3.CH4.H2S/c20-14-8-15(18(23)16(22)9-14)19(12-21,6-7-24)10-17(25)26-11-13-4-2-1-3-5-13;;/h1-5,7-9H,6,10-12H2;1H4;1H2/t19-;;/m1../s1. The van der Waals surface area contributed by atoms with Crippen LogP contribution < -0.4 is 0 Å². The van der Waals surface area contributed by atoms with Crippen LogP contribution in [0.3, 0.4) is 0 Å². The molecule has 154 valence electrons. The van der Waals surface area contributed by atoms with Gasteiger partial charge in [0.1, 0.15) is 19.6 Å². The molecule has 0 amide bonds. The van der Waals surface area contributed by atoms with Crippen molar-refractivity contribution in [3.8, 4) is 0 Å². The van der Waals surface area contributed by atoms with Gasteiger partial charge in [0.05, 0.1) is 6.42 Å². The van der Waals surface area contributed by atoms with Crippen molar-refractivity contribution < 1.29 is 27.5 Å². The molecule has 28 heavy (non-hydrogen) atoms. The number of alkyl halides is 1. The zero-order valence-electron chi connectivity index (χ0n) is 14.2. The molecule has 2 aromatic rings. The first-order valence-corrected chi connectivity index (χ1v) is 8.55. The second-order valence-electron chi connectivity index (χ2n) is 5.86. The Balaban J connectivity index is 0.00000364. The minimum Gasteiger partial charge on any atom is -0.461 e. The van der Waals surface area contributed by atoms with Gasteiger partial charge in [0.25, 0.3) is 0 Å². The number of rotatable bonds is 8. The molecule has 0 fully saturated rings. The monoisotopic (exact) mass is 478 g/mol. The van der Waals surface area contributed by atoms with Crippen LogP contribution in [0.5, 0.6) is 0 Å². The molecule has 2 aromatic carbocycles. The van der Waals surface area contributed by atoms with E-state index in [1.807, 2.05) is 0 Å². The molecule has 8 heteroatoms. The Hall–Kier alpha value is -1.80. The molecule has 0 aliphatic carbocycles. The summed E-state index contributed by atoms with van der Waals surface area (Å²) in [6.45, 7) is -1.27. The Labute approximate surface area is 177 Å². The number of halogens is 4. The van der Waals surface area contributed by atoms with E-state index < -0.39 is 42.5 Å². The summed E-state index contributed by atoms with van der Waals surface area (Å²) in [6.07, 6.45) is -0.707. The molecule has 3 nitrogen and oxygen atoms in total. The van der Waals surface area contributed by atoms with Gasteiger partial charge in [-0.05, 0) is 17.7 Å². The molecule has 1 atom stereocenters. The summed E-state index contributed by atoms with van der Waals surface area (Å²) in [5, 5.41) is 0. The number of esters is 1. The van der Waals surface area contributed by atoms with E-state index in [0.29, 0.717) is 6.29 Å². The maximum atomic E-state index is 14.3. The van der Waals surface area contributed by atoms with Crippen molar-refractivity contribution in [1.82, 2.24) is 0 Å². The maximum Gasteiger partial charge on any atom is 0.307 e. The fourth-order valence-electron chi connectivity index (χ4n) is 2.62. The highest BCUT2D eigenvalue weighted by atomic mass is 79.9. The van der Waals surface area contributed by atoms with Crippen molar-refractivity contribution in [2.75, 3.05) is 6.67 Å². The highest BCUT2D eigenvalue weighted by Gasteiger charge is 2.39. The highest BCUT2D eigenvalue weighted by molar-refractivity contribution is 9.10. The third kappa shape index (κ3) is 6.38. The van der Waals surface area contributed by atoms with E-state index >= 15 is 0 Å². The topological polar surface area (TPSA) is 43.4 Å². The van der Waals surface area contributed by atoms with Crippen LogP contribution in [-0.4, -0.2) is 18.9 Å². The Bertz CT molecular complexity index is 790. The molecule has 0 bridgehead atoms. The first kappa shape index (κ1) is 26.2. The molecule has 0 radical (unpaired) electrons. The van der Waals surface area contributed by atoms with Gasteiger partial charge in [-0.2, -0.15) is 13.5 Å². The first-order valence-electron chi connectivity index (χ1n) is 7.76. The second-order valence-corrected chi connectivity index (χ2v) is 6.77. The van der Waals surface area contributed by atoms with Gasteiger partial charge in [0.2, 0.25) is 0 Å². The van der Waals surface area contributed by atoms with Gasteiger partial charge in [-0.1, -0.05) is 53.7 Å². The number of hydrogen-bond donors (Lipinski definition) is 0. The molecule has 0 heterocycles. The summed E-state index contributed by atoms with van der Waals surface area (Å²) in [5.74, 6) is -3.30. The molecule has 0 unspecified atom stereocenters. The van der Waals surface area contributed by atoms with Crippen LogP contribution >= 0.6 is 29.4 Å². The van der Waals surface area contributed by atoms with Gasteiger partial charge in [-0.15, -0.1) is 0 Å². The third-order valence-corrected chi connectivity index (χ3v) is 4.48. The van der Waals surface area contributed by atoms with Crippen LogP contribution in [0.15, 0.2) is 46.9 Å². The van der Waals surface area contributed by atoms with Crippen molar-refractivity contribution in [3.05, 3.63) is 69.7 Å². The largest absolute Gasteiger partial charge is 0.461 e. The van der Waals surface area contributed by atoms with Gasteiger partial charge >= 0.3 is 5.97 Å². The number of carbonyl (C=O) groups is 2. The van der Waals surface area contributed by atoms with E-state index in [9.17, 15) is 22.8 Å². The minimum absolute atomic E-state index is 0. The van der Waals surface area contributed by atoms with Crippen molar-refractivity contribution in [2.24, 2.45) is 0 Å². The predicted molar refractivity (Wildman–Crippen MR) is 110 cm³/mol. The molecule has 0 saturated heterocycles. The normalized spacial score (nSPS) is 12.1. The molecule has 0 saturated carbocycles. The van der Waals surface area contributed by atoms with Crippen LogP contribution in [0.4, 0.5) is 13.2 Å². The lowest BCUT2D eigenvalue weighted by molar-refractivity contribution is -0.146. The van der Waals surface area contributed by atoms with Crippen molar-refractivity contribution in [3.63, 3.8) is 0 Å². The highest BCUT2D eigenvalue weighted by Crippen LogP contribution is 2.36. The minimum atomic E-state index is -1.83. The summed E-state index contributed by atoms with van der Waals surface area (Å²) in [7, 11) is 0. The summed E-state index contributed by atoms with van der Waals surface area (Å²) >= 11 is 3.01. The number of hydrogen-bond acceptors (Lipinski definition) is 3. The van der Waals surface area contributed by atoms with E-state index in [2.05, 4.69) is 15.9 Å². The van der Waals surface area contributed by atoms with Crippen LogP contribution in [-0.2, 0) is 26.3 Å². The van der Waals surface area contributed by atoms with Crippen LogP contribution in [0, 0.1) is 11.6 Å². The number of aldehydes is 1. The van der Waals surface area contributed by atoms with Gasteiger partial charge in [-0.25, -0.2) is 8.78 Å². The molecular weight excluding hydrogens is 457 g/mol. The Morgan fingerprint density at radius 2 is 1.82 bits per heavy atom. The molecule has 0 aliphatic rings. The maximum absolute atomic E-state index is 14.3. The van der Waals surface area contributed by atoms with E-state index in [1.165, 1.54) is 6.07 Å². The summed E-state index contributed by atoms with van der Waals surface area (Å²) in [4.78, 5) is 23.2. The predicted octanol–water partition coefficient (Wildman–Crippen LogP) is 5.41. The van der Waals surface area contributed by atoms with Gasteiger partial charge in [0.15, 0.2) is 11.6 Å². The van der Waals surface area contributed by atoms with E-state index in [4.69, 9.17) is 4.74 Å². The summed E-state index contributed by atoms with van der Waals surface area (Å²) in [6, 6.07) is 10.9. The van der Waals surface area contributed by atoms with E-state index in [1.54, 1.807) is 30.3 Å². The summed E-state index contributed by atoms with van der Waals surface area (Å²) < 4.78 is 47.1. The smallest absolute Gasteiger partial charge is 0.307 e. The quantitative estimate of drug-likeness (QED) is 0.289. The van der Waals surface area contributed by atoms with Crippen LogP contribution in [0.25, 0.3) is 0 Å². The summed E-state index contributed by atoms with van der Waals surface area (Å²) in [5.41, 5.74) is -1.48. The lowest BCUT2D eigenvalue weighted by Gasteiger charge is -2.29. The Morgan fingerprint density at radius 3 is 2.39 bits per heavy atom. The van der Waals surface area contributed by atoms with Crippen LogP contribution in [0.1, 0.15) is 31.4 Å². The third-order valence-electron chi connectivity index (χ3n) is 4.02. The van der Waals surface area contributed by atoms with Gasteiger partial charge in [-0.3, -0.25) is 9.18 Å². The zero-order chi connectivity index (χ0) is 19.2. The lowest BCUT2D eigenvalue weighted by Crippen LogP contribution is -2.34.